The van der Waals surface area contributed by atoms with E-state index in [4.69, 9.17) is 4.74 Å². The molecular formula is C18H31FN4O3S. The second kappa shape index (κ2) is 11.8. The average Bonchev–Trinajstić information content (AvgIpc) is 2.66. The van der Waals surface area contributed by atoms with Crippen molar-refractivity contribution in [2.24, 2.45) is 4.99 Å². The Morgan fingerprint density at radius 2 is 2.07 bits per heavy atom. The number of benzene rings is 1. The second-order valence-corrected chi connectivity index (χ2v) is 8.43. The first-order chi connectivity index (χ1) is 12.8. The molecule has 0 amide bonds. The topological polar surface area (TPSA) is 83.0 Å². The van der Waals surface area contributed by atoms with Gasteiger partial charge in [0, 0.05) is 33.3 Å². The van der Waals surface area contributed by atoms with Crippen LogP contribution in [-0.4, -0.2) is 64.3 Å². The predicted molar refractivity (Wildman–Crippen MR) is 107 cm³/mol. The fraction of sp³-hybridized carbons (Fsp3) is 0.611. The molecule has 9 heteroatoms. The van der Waals surface area contributed by atoms with Gasteiger partial charge < -0.3 is 15.4 Å². The molecule has 1 unspecified atom stereocenters. The molecule has 0 bridgehead atoms. The van der Waals surface area contributed by atoms with Crippen molar-refractivity contribution in [3.05, 3.63) is 30.1 Å². The van der Waals surface area contributed by atoms with Gasteiger partial charge in [-0.3, -0.25) is 4.99 Å². The molecular weight excluding hydrogens is 371 g/mol. The minimum atomic E-state index is -3.15. The molecule has 0 aromatic heterocycles. The Labute approximate surface area is 162 Å². The van der Waals surface area contributed by atoms with Gasteiger partial charge in [-0.05, 0) is 31.9 Å². The van der Waals surface area contributed by atoms with Crippen LogP contribution in [0.5, 0.6) is 5.75 Å². The predicted octanol–water partition coefficient (Wildman–Crippen LogP) is 1.82. The molecule has 0 aliphatic rings. The van der Waals surface area contributed by atoms with Crippen LogP contribution in [0.2, 0.25) is 0 Å². The highest BCUT2D eigenvalue weighted by Gasteiger charge is 2.14. The van der Waals surface area contributed by atoms with Crippen molar-refractivity contribution in [2.45, 2.75) is 32.8 Å². The Kier molecular flexibility index (Phi) is 10.1. The van der Waals surface area contributed by atoms with E-state index in [9.17, 15) is 12.8 Å². The quantitative estimate of drug-likeness (QED) is 0.335. The van der Waals surface area contributed by atoms with E-state index in [-0.39, 0.29) is 17.7 Å². The summed E-state index contributed by atoms with van der Waals surface area (Å²) in [5.41, 5.74) is 0. The van der Waals surface area contributed by atoms with Crippen molar-refractivity contribution in [3.8, 4) is 5.75 Å². The van der Waals surface area contributed by atoms with Gasteiger partial charge >= 0.3 is 0 Å². The summed E-state index contributed by atoms with van der Waals surface area (Å²) in [5, 5.41) is 6.32. The monoisotopic (exact) mass is 402 g/mol. The molecule has 1 atom stereocenters. The fourth-order valence-corrected chi connectivity index (χ4v) is 3.15. The van der Waals surface area contributed by atoms with Crippen LogP contribution in [0.4, 0.5) is 4.39 Å². The van der Waals surface area contributed by atoms with Crippen LogP contribution in [0.3, 0.4) is 0 Å². The molecule has 0 saturated heterocycles. The van der Waals surface area contributed by atoms with E-state index >= 15 is 0 Å². The highest BCUT2D eigenvalue weighted by molar-refractivity contribution is 7.89. The lowest BCUT2D eigenvalue weighted by atomic mass is 10.2. The van der Waals surface area contributed by atoms with Gasteiger partial charge in [0.05, 0.1) is 12.3 Å². The molecule has 0 fully saturated rings. The number of guanidine groups is 1. The number of rotatable bonds is 11. The Bertz CT molecular complexity index is 698. The molecule has 1 aromatic rings. The maximum Gasteiger partial charge on any atom is 0.213 e. The molecule has 2 N–H and O–H groups in total. The number of hydrogen-bond acceptors (Lipinski definition) is 4. The zero-order valence-electron chi connectivity index (χ0n) is 16.5. The van der Waals surface area contributed by atoms with Crippen LogP contribution in [0.25, 0.3) is 0 Å². The normalized spacial score (nSPS) is 13.5. The SMILES string of the molecule is CCC(CNC(=NC)NCCCN(C)S(=O)(=O)CC)Oc1cccc(F)c1. The van der Waals surface area contributed by atoms with Crippen molar-refractivity contribution in [3.63, 3.8) is 0 Å². The molecule has 1 aromatic carbocycles. The van der Waals surface area contributed by atoms with Crippen LogP contribution in [0.15, 0.2) is 29.3 Å². The van der Waals surface area contributed by atoms with Gasteiger partial charge in [-0.1, -0.05) is 13.0 Å². The van der Waals surface area contributed by atoms with E-state index in [2.05, 4.69) is 15.6 Å². The maximum atomic E-state index is 13.3. The summed E-state index contributed by atoms with van der Waals surface area (Å²) < 4.78 is 43.8. The first-order valence-electron chi connectivity index (χ1n) is 9.13. The van der Waals surface area contributed by atoms with Gasteiger partial charge in [0.2, 0.25) is 10.0 Å². The number of halogens is 1. The molecule has 0 aliphatic carbocycles. The first kappa shape index (κ1) is 23.2. The lowest BCUT2D eigenvalue weighted by molar-refractivity contribution is 0.199. The fourth-order valence-electron chi connectivity index (χ4n) is 2.30. The van der Waals surface area contributed by atoms with Crippen LogP contribution in [-0.2, 0) is 10.0 Å². The van der Waals surface area contributed by atoms with Gasteiger partial charge in [-0.15, -0.1) is 0 Å². The van der Waals surface area contributed by atoms with E-state index in [1.54, 1.807) is 33.2 Å². The van der Waals surface area contributed by atoms with E-state index in [0.29, 0.717) is 37.8 Å². The van der Waals surface area contributed by atoms with E-state index in [0.717, 1.165) is 6.42 Å². The highest BCUT2D eigenvalue weighted by Crippen LogP contribution is 2.14. The van der Waals surface area contributed by atoms with E-state index in [1.165, 1.54) is 16.4 Å². The lowest BCUT2D eigenvalue weighted by Crippen LogP contribution is -2.43. The van der Waals surface area contributed by atoms with Crippen molar-refractivity contribution < 1.29 is 17.5 Å². The summed E-state index contributed by atoms with van der Waals surface area (Å²) in [6.07, 6.45) is 1.28. The molecule has 0 heterocycles. The number of nitrogens with zero attached hydrogens (tertiary/aromatic N) is 2. The third-order valence-corrected chi connectivity index (χ3v) is 5.92. The molecule has 0 spiro atoms. The summed E-state index contributed by atoms with van der Waals surface area (Å²) in [6, 6.07) is 6.07. The largest absolute Gasteiger partial charge is 0.489 e. The smallest absolute Gasteiger partial charge is 0.213 e. The Morgan fingerprint density at radius 1 is 1.33 bits per heavy atom. The van der Waals surface area contributed by atoms with Crippen molar-refractivity contribution in [1.29, 1.82) is 0 Å². The minimum Gasteiger partial charge on any atom is -0.489 e. The molecule has 1 rings (SSSR count). The van der Waals surface area contributed by atoms with Crippen LogP contribution in [0.1, 0.15) is 26.7 Å². The average molecular weight is 403 g/mol. The highest BCUT2D eigenvalue weighted by atomic mass is 32.2. The van der Waals surface area contributed by atoms with Crippen LogP contribution >= 0.6 is 0 Å². The summed E-state index contributed by atoms with van der Waals surface area (Å²) in [4.78, 5) is 4.14. The zero-order valence-corrected chi connectivity index (χ0v) is 17.4. The molecule has 0 aliphatic heterocycles. The standard InChI is InChI=1S/C18H31FN4O3S/c1-5-16(26-17-10-7-9-15(19)13-17)14-22-18(20-3)21-11-8-12-23(4)27(24,25)6-2/h7,9-10,13,16H,5-6,8,11-12,14H2,1-4H3,(H2,20,21,22). The van der Waals surface area contributed by atoms with Crippen LogP contribution in [0, 0.1) is 5.82 Å². The van der Waals surface area contributed by atoms with Gasteiger partial charge in [0.15, 0.2) is 5.96 Å². The Hall–Kier alpha value is -1.87. The van der Waals surface area contributed by atoms with Gasteiger partial charge in [0.25, 0.3) is 0 Å². The summed E-state index contributed by atoms with van der Waals surface area (Å²) >= 11 is 0. The van der Waals surface area contributed by atoms with Crippen molar-refractivity contribution in [1.82, 2.24) is 14.9 Å². The number of nitrogens with one attached hydrogen (secondary N) is 2. The molecule has 0 saturated carbocycles. The summed E-state index contributed by atoms with van der Waals surface area (Å²) in [7, 11) is 0.103. The lowest BCUT2D eigenvalue weighted by Gasteiger charge is -2.20. The third kappa shape index (κ3) is 8.57. The van der Waals surface area contributed by atoms with Gasteiger partial charge in [-0.25, -0.2) is 17.1 Å². The minimum absolute atomic E-state index is 0.101. The number of hydrogen-bond donors (Lipinski definition) is 2. The Morgan fingerprint density at radius 3 is 2.67 bits per heavy atom. The maximum absolute atomic E-state index is 13.3. The second-order valence-electron chi connectivity index (χ2n) is 6.06. The van der Waals surface area contributed by atoms with Gasteiger partial charge in [-0.2, -0.15) is 0 Å². The van der Waals surface area contributed by atoms with Gasteiger partial charge in [0.1, 0.15) is 17.7 Å². The van der Waals surface area contributed by atoms with Crippen LogP contribution < -0.4 is 15.4 Å². The first-order valence-corrected chi connectivity index (χ1v) is 10.7. The zero-order chi connectivity index (χ0) is 20.3. The van der Waals surface area contributed by atoms with E-state index < -0.39 is 10.0 Å². The molecule has 154 valence electrons. The van der Waals surface area contributed by atoms with Crippen molar-refractivity contribution in [2.75, 3.05) is 39.5 Å². The number of ether oxygens (including phenoxy) is 1. The number of aliphatic imine (C=N–C) groups is 1. The Balaban J connectivity index is 2.38. The number of sulfonamides is 1. The van der Waals surface area contributed by atoms with E-state index in [1.807, 2.05) is 6.92 Å². The molecule has 27 heavy (non-hydrogen) atoms. The van der Waals surface area contributed by atoms with Crippen molar-refractivity contribution >= 4 is 16.0 Å². The molecule has 0 radical (unpaired) electrons. The summed E-state index contributed by atoms with van der Waals surface area (Å²) in [6.45, 7) is 5.17. The third-order valence-electron chi connectivity index (χ3n) is 4.06. The summed E-state index contributed by atoms with van der Waals surface area (Å²) in [5.74, 6) is 0.871. The molecule has 7 nitrogen and oxygen atoms in total.